The third kappa shape index (κ3) is 3.29. The lowest BCUT2D eigenvalue weighted by molar-refractivity contribution is 0.0920. The number of amides is 1. The minimum atomic E-state index is -0.774. The molecule has 2 aromatic rings. The average Bonchev–Trinajstić information content (AvgIpc) is 2.96. The second-order valence-corrected chi connectivity index (χ2v) is 5.35. The number of carbonyl (C=O) groups is 1. The minimum Gasteiger partial charge on any atom is -0.508 e. The second kappa shape index (κ2) is 6.57. The molecule has 0 bridgehead atoms. The zero-order chi connectivity index (χ0) is 17.1. The van der Waals surface area contributed by atoms with E-state index in [1.807, 2.05) is 24.4 Å². The average molecular weight is 328 g/mol. The third-order valence-electron chi connectivity index (χ3n) is 3.75. The zero-order valence-electron chi connectivity index (χ0n) is 13.0. The number of carbonyl (C=O) groups excluding carboxylic acids is 1. The molecule has 124 valence electrons. The van der Waals surface area contributed by atoms with Gasteiger partial charge in [0.05, 0.1) is 18.9 Å². The molecule has 0 radical (unpaired) electrons. The summed E-state index contributed by atoms with van der Waals surface area (Å²) < 4.78 is 9.98. The van der Waals surface area contributed by atoms with Crippen molar-refractivity contribution >= 4 is 17.8 Å². The Labute approximate surface area is 137 Å². The van der Waals surface area contributed by atoms with Gasteiger partial charge in [0.25, 0.3) is 5.91 Å². The van der Waals surface area contributed by atoms with Gasteiger partial charge in [-0.05, 0) is 30.2 Å². The summed E-state index contributed by atoms with van der Waals surface area (Å²) in [4.78, 5) is 27.5. The van der Waals surface area contributed by atoms with E-state index in [2.05, 4.69) is 10.3 Å². The molecule has 1 aliphatic rings. The van der Waals surface area contributed by atoms with E-state index in [4.69, 9.17) is 9.15 Å². The van der Waals surface area contributed by atoms with E-state index in [1.54, 1.807) is 7.11 Å². The predicted molar refractivity (Wildman–Crippen MR) is 87.5 cm³/mol. The Hall–Kier alpha value is -3.09. The lowest BCUT2D eigenvalue weighted by Crippen LogP contribution is -2.26. The molecule has 1 amide bonds. The lowest BCUT2D eigenvalue weighted by atomic mass is 9.97. The largest absolute Gasteiger partial charge is 0.508 e. The number of nitrogens with zero attached hydrogens (tertiary/aromatic N) is 1. The molecule has 0 fully saturated rings. The van der Waals surface area contributed by atoms with Crippen molar-refractivity contribution in [2.75, 3.05) is 13.7 Å². The first kappa shape index (κ1) is 15.8. The van der Waals surface area contributed by atoms with Crippen molar-refractivity contribution in [2.45, 2.75) is 12.3 Å². The van der Waals surface area contributed by atoms with Gasteiger partial charge in [-0.2, -0.15) is 0 Å². The lowest BCUT2D eigenvalue weighted by Gasteiger charge is -2.11. The maximum Gasteiger partial charge on any atom is 0.340 e. The Morgan fingerprint density at radius 3 is 2.96 bits per heavy atom. The van der Waals surface area contributed by atoms with Gasteiger partial charge >= 0.3 is 5.63 Å². The number of benzene rings is 1. The smallest absolute Gasteiger partial charge is 0.340 e. The summed E-state index contributed by atoms with van der Waals surface area (Å²) in [5.74, 6) is -0.243. The van der Waals surface area contributed by atoms with Gasteiger partial charge < -0.3 is 19.6 Å². The van der Waals surface area contributed by atoms with Crippen LogP contribution >= 0.6 is 0 Å². The van der Waals surface area contributed by atoms with Crippen molar-refractivity contribution in [2.24, 2.45) is 4.99 Å². The standard InChI is InChI=1S/C17H16N2O5/c1-23-12-2-3-14-13(8-12)10(9-19-14)4-5-18-17(22)15-6-11(20)7-16(21)24-15/h2-3,6-10,20H,4-5H2,1H3,(H,18,22). The highest BCUT2D eigenvalue weighted by Gasteiger charge is 2.20. The Kier molecular flexibility index (Phi) is 4.33. The molecule has 7 nitrogen and oxygen atoms in total. The van der Waals surface area contributed by atoms with Crippen LogP contribution < -0.4 is 15.7 Å². The molecule has 1 aromatic carbocycles. The van der Waals surface area contributed by atoms with Crippen LogP contribution in [-0.4, -0.2) is 30.9 Å². The molecule has 3 rings (SSSR count). The fourth-order valence-corrected chi connectivity index (χ4v) is 2.56. The first-order chi connectivity index (χ1) is 11.6. The van der Waals surface area contributed by atoms with E-state index in [-0.39, 0.29) is 17.4 Å². The molecule has 1 aliphatic heterocycles. The van der Waals surface area contributed by atoms with Crippen LogP contribution in [0.2, 0.25) is 0 Å². The van der Waals surface area contributed by atoms with Crippen molar-refractivity contribution in [1.82, 2.24) is 5.32 Å². The molecule has 0 saturated carbocycles. The van der Waals surface area contributed by atoms with Crippen LogP contribution in [0.5, 0.6) is 11.5 Å². The van der Waals surface area contributed by atoms with Gasteiger partial charge in [-0.25, -0.2) is 4.79 Å². The van der Waals surface area contributed by atoms with Crippen molar-refractivity contribution < 1.29 is 19.1 Å². The van der Waals surface area contributed by atoms with Crippen molar-refractivity contribution in [3.05, 3.63) is 52.1 Å². The molecule has 0 saturated heterocycles. The van der Waals surface area contributed by atoms with Crippen LogP contribution in [0.25, 0.3) is 0 Å². The summed E-state index contributed by atoms with van der Waals surface area (Å²) in [7, 11) is 1.61. The van der Waals surface area contributed by atoms with Crippen LogP contribution in [0, 0.1) is 0 Å². The highest BCUT2D eigenvalue weighted by Crippen LogP contribution is 2.36. The molecule has 1 unspecified atom stereocenters. The predicted octanol–water partition coefficient (Wildman–Crippen LogP) is 1.97. The van der Waals surface area contributed by atoms with E-state index in [1.165, 1.54) is 0 Å². The maximum absolute atomic E-state index is 12.0. The van der Waals surface area contributed by atoms with Gasteiger partial charge in [0.1, 0.15) is 11.5 Å². The Morgan fingerprint density at radius 1 is 1.38 bits per heavy atom. The van der Waals surface area contributed by atoms with Gasteiger partial charge in [-0.15, -0.1) is 0 Å². The number of aliphatic imine (C=N–C) groups is 1. The molecular formula is C17H16N2O5. The quantitative estimate of drug-likeness (QED) is 0.874. The normalized spacial score (nSPS) is 15.1. The summed E-state index contributed by atoms with van der Waals surface area (Å²) in [6.07, 6.45) is 2.48. The van der Waals surface area contributed by atoms with E-state index >= 15 is 0 Å². The molecular weight excluding hydrogens is 312 g/mol. The molecule has 2 N–H and O–H groups in total. The van der Waals surface area contributed by atoms with Gasteiger partial charge in [-0.3, -0.25) is 9.79 Å². The van der Waals surface area contributed by atoms with Gasteiger partial charge in [0.15, 0.2) is 5.76 Å². The monoisotopic (exact) mass is 328 g/mol. The maximum atomic E-state index is 12.0. The SMILES string of the molecule is COc1ccc2c(c1)C(CCNC(=O)c1cc(O)cc(=O)o1)C=N2. The van der Waals surface area contributed by atoms with Gasteiger partial charge in [-0.1, -0.05) is 0 Å². The van der Waals surface area contributed by atoms with Gasteiger partial charge in [0, 0.05) is 24.7 Å². The Morgan fingerprint density at radius 2 is 2.21 bits per heavy atom. The van der Waals surface area contributed by atoms with Crippen LogP contribution in [0.15, 0.2) is 44.5 Å². The molecule has 0 spiro atoms. The number of ether oxygens (including phenoxy) is 1. The number of methoxy groups -OCH3 is 1. The molecule has 0 aliphatic carbocycles. The summed E-state index contributed by atoms with van der Waals surface area (Å²) in [5, 5.41) is 12.0. The van der Waals surface area contributed by atoms with Crippen LogP contribution in [-0.2, 0) is 0 Å². The first-order valence-corrected chi connectivity index (χ1v) is 7.41. The highest BCUT2D eigenvalue weighted by atomic mass is 16.5. The van der Waals surface area contributed by atoms with Crippen molar-refractivity contribution in [3.8, 4) is 11.5 Å². The minimum absolute atomic E-state index is 0.0755. The summed E-state index contributed by atoms with van der Waals surface area (Å²) in [5.41, 5.74) is 1.17. The van der Waals surface area contributed by atoms with E-state index in [0.29, 0.717) is 13.0 Å². The Bertz CT molecular complexity index is 856. The highest BCUT2D eigenvalue weighted by molar-refractivity contribution is 5.91. The number of nitrogens with one attached hydrogen (secondary N) is 1. The summed E-state index contributed by atoms with van der Waals surface area (Å²) >= 11 is 0. The molecule has 7 heteroatoms. The molecule has 2 heterocycles. The number of fused-ring (bicyclic) bond motifs is 1. The molecule has 24 heavy (non-hydrogen) atoms. The number of hydrogen-bond acceptors (Lipinski definition) is 6. The fraction of sp³-hybridized carbons (Fsp3) is 0.235. The Balaban J connectivity index is 1.61. The van der Waals surface area contributed by atoms with Crippen LogP contribution in [0.4, 0.5) is 5.69 Å². The first-order valence-electron chi connectivity index (χ1n) is 7.41. The molecule has 1 atom stereocenters. The van der Waals surface area contributed by atoms with Crippen LogP contribution in [0.1, 0.15) is 28.5 Å². The number of aromatic hydroxyl groups is 1. The fourth-order valence-electron chi connectivity index (χ4n) is 2.56. The van der Waals surface area contributed by atoms with E-state index < -0.39 is 11.5 Å². The number of rotatable bonds is 5. The number of hydrogen-bond donors (Lipinski definition) is 2. The van der Waals surface area contributed by atoms with E-state index in [9.17, 15) is 14.7 Å². The summed E-state index contributed by atoms with van der Waals surface area (Å²) in [6.45, 7) is 0.367. The summed E-state index contributed by atoms with van der Waals surface area (Å²) in [6, 6.07) is 7.68. The van der Waals surface area contributed by atoms with Gasteiger partial charge in [0.2, 0.25) is 0 Å². The van der Waals surface area contributed by atoms with Crippen LogP contribution in [0.3, 0.4) is 0 Å². The zero-order valence-corrected chi connectivity index (χ0v) is 13.0. The van der Waals surface area contributed by atoms with Crippen molar-refractivity contribution in [3.63, 3.8) is 0 Å². The van der Waals surface area contributed by atoms with E-state index in [0.717, 1.165) is 29.1 Å². The topological polar surface area (TPSA) is 101 Å². The third-order valence-corrected chi connectivity index (χ3v) is 3.75. The molecule has 1 aromatic heterocycles. The van der Waals surface area contributed by atoms with Crippen molar-refractivity contribution in [1.29, 1.82) is 0 Å². The second-order valence-electron chi connectivity index (χ2n) is 5.35.